The summed E-state index contributed by atoms with van der Waals surface area (Å²) in [5.74, 6) is 3.19. The first kappa shape index (κ1) is 19.9. The van der Waals surface area contributed by atoms with Gasteiger partial charge in [-0.3, -0.25) is 4.79 Å². The molecule has 0 saturated carbocycles. The molecule has 0 radical (unpaired) electrons. The summed E-state index contributed by atoms with van der Waals surface area (Å²) < 4.78 is 6.17. The van der Waals surface area contributed by atoms with Crippen molar-refractivity contribution in [3.05, 3.63) is 29.8 Å². The van der Waals surface area contributed by atoms with Gasteiger partial charge in [0.05, 0.1) is 23.7 Å². The minimum absolute atomic E-state index is 0.0299. The standard InChI is InChI=1S/C20H30N2O2S2/c1-16-5-2-3-11-22(16)12-4-10-21-19(23)15-24-18-8-6-17(7-9-18)20-25-13-14-26-20/h6-9,16,20H,2-5,10-15H2,1H3,(H,21,23)/p+1/t16-/m1/s1. The second-order valence-electron chi connectivity index (χ2n) is 7.19. The van der Waals surface area contributed by atoms with Gasteiger partial charge in [0, 0.05) is 24.5 Å². The average Bonchev–Trinajstić information content (AvgIpc) is 3.20. The number of amides is 1. The zero-order valence-corrected chi connectivity index (χ0v) is 17.3. The summed E-state index contributed by atoms with van der Waals surface area (Å²) in [4.78, 5) is 13.7. The maximum absolute atomic E-state index is 12.0. The number of ether oxygens (including phenoxy) is 1. The van der Waals surface area contributed by atoms with Crippen molar-refractivity contribution < 1.29 is 14.4 Å². The Morgan fingerprint density at radius 1 is 1.23 bits per heavy atom. The highest BCUT2D eigenvalue weighted by atomic mass is 32.2. The van der Waals surface area contributed by atoms with Crippen molar-refractivity contribution in [3.63, 3.8) is 0 Å². The Kier molecular flexibility index (Phi) is 8.02. The molecule has 1 aromatic rings. The third-order valence-corrected chi connectivity index (χ3v) is 8.33. The minimum Gasteiger partial charge on any atom is -0.484 e. The number of hydrogen-bond acceptors (Lipinski definition) is 4. The zero-order chi connectivity index (χ0) is 18.2. The van der Waals surface area contributed by atoms with Gasteiger partial charge in [-0.25, -0.2) is 0 Å². The highest BCUT2D eigenvalue weighted by molar-refractivity contribution is 8.19. The fourth-order valence-electron chi connectivity index (χ4n) is 3.64. The number of nitrogens with one attached hydrogen (secondary N) is 2. The van der Waals surface area contributed by atoms with E-state index < -0.39 is 0 Å². The molecule has 0 spiro atoms. The number of piperidine rings is 1. The predicted molar refractivity (Wildman–Crippen MR) is 111 cm³/mol. The molecule has 0 aliphatic carbocycles. The minimum atomic E-state index is -0.0299. The van der Waals surface area contributed by atoms with E-state index in [1.165, 1.54) is 42.9 Å². The summed E-state index contributed by atoms with van der Waals surface area (Å²) in [5, 5.41) is 2.98. The number of benzene rings is 1. The maximum Gasteiger partial charge on any atom is 0.257 e. The van der Waals surface area contributed by atoms with Gasteiger partial charge in [-0.1, -0.05) is 12.1 Å². The number of likely N-dealkylation sites (tertiary alicyclic amines) is 1. The van der Waals surface area contributed by atoms with E-state index in [-0.39, 0.29) is 12.5 Å². The molecular weight excluding hydrogens is 364 g/mol. The molecular formula is C20H31N2O2S2+. The summed E-state index contributed by atoms with van der Waals surface area (Å²) in [6.45, 7) is 5.62. The highest BCUT2D eigenvalue weighted by Gasteiger charge is 2.21. The summed E-state index contributed by atoms with van der Waals surface area (Å²) in [5.41, 5.74) is 1.34. The lowest BCUT2D eigenvalue weighted by molar-refractivity contribution is -0.928. The Bertz CT molecular complexity index is 561. The van der Waals surface area contributed by atoms with Gasteiger partial charge in [-0.2, -0.15) is 0 Å². The van der Waals surface area contributed by atoms with Crippen LogP contribution < -0.4 is 15.0 Å². The van der Waals surface area contributed by atoms with E-state index in [4.69, 9.17) is 4.74 Å². The van der Waals surface area contributed by atoms with Crippen molar-refractivity contribution in [1.29, 1.82) is 0 Å². The molecule has 2 heterocycles. The average molecular weight is 396 g/mol. The number of carbonyl (C=O) groups excluding carboxylic acids is 1. The first-order valence-corrected chi connectivity index (χ1v) is 11.9. The molecule has 6 heteroatoms. The lowest BCUT2D eigenvalue weighted by Gasteiger charge is -2.30. The molecule has 2 atom stereocenters. The van der Waals surface area contributed by atoms with Crippen LogP contribution in [0, 0.1) is 0 Å². The van der Waals surface area contributed by atoms with E-state index in [1.54, 1.807) is 4.90 Å². The van der Waals surface area contributed by atoms with E-state index in [0.29, 0.717) is 4.58 Å². The fraction of sp³-hybridized carbons (Fsp3) is 0.650. The van der Waals surface area contributed by atoms with Crippen LogP contribution >= 0.6 is 23.5 Å². The maximum atomic E-state index is 12.0. The van der Waals surface area contributed by atoms with E-state index in [0.717, 1.165) is 31.3 Å². The van der Waals surface area contributed by atoms with Crippen molar-refractivity contribution >= 4 is 29.4 Å². The van der Waals surface area contributed by atoms with Crippen LogP contribution in [-0.2, 0) is 4.79 Å². The number of carbonyl (C=O) groups is 1. The van der Waals surface area contributed by atoms with Gasteiger partial charge in [0.25, 0.3) is 5.91 Å². The largest absolute Gasteiger partial charge is 0.484 e. The first-order chi connectivity index (χ1) is 12.7. The van der Waals surface area contributed by atoms with Crippen molar-refractivity contribution in [2.45, 2.75) is 43.2 Å². The molecule has 2 N–H and O–H groups in total. The highest BCUT2D eigenvalue weighted by Crippen LogP contribution is 2.45. The molecule has 26 heavy (non-hydrogen) atoms. The van der Waals surface area contributed by atoms with E-state index in [2.05, 4.69) is 24.4 Å². The lowest BCUT2D eigenvalue weighted by atomic mass is 10.0. The van der Waals surface area contributed by atoms with Gasteiger partial charge < -0.3 is 15.0 Å². The number of quaternary nitrogens is 1. The second kappa shape index (κ2) is 10.5. The van der Waals surface area contributed by atoms with Gasteiger partial charge in [-0.05, 0) is 43.9 Å². The molecule has 2 aliphatic rings. The van der Waals surface area contributed by atoms with Crippen molar-refractivity contribution in [3.8, 4) is 5.75 Å². The Labute approximate surface area is 165 Å². The van der Waals surface area contributed by atoms with Crippen LogP contribution in [0.5, 0.6) is 5.75 Å². The van der Waals surface area contributed by atoms with E-state index >= 15 is 0 Å². The Morgan fingerprint density at radius 3 is 2.73 bits per heavy atom. The number of hydrogen-bond donors (Lipinski definition) is 2. The Balaban J connectivity index is 1.30. The number of rotatable bonds is 8. The second-order valence-corrected chi connectivity index (χ2v) is 9.91. The molecule has 144 valence electrons. The SMILES string of the molecule is C[C@@H]1CCCC[NH+]1CCCNC(=O)COc1ccc(C2SCCS2)cc1. The quantitative estimate of drug-likeness (QED) is 0.664. The van der Waals surface area contributed by atoms with E-state index in [1.807, 2.05) is 35.7 Å². The van der Waals surface area contributed by atoms with Crippen molar-refractivity contribution in [2.24, 2.45) is 0 Å². The van der Waals surface area contributed by atoms with Gasteiger partial charge in [-0.15, -0.1) is 23.5 Å². The van der Waals surface area contributed by atoms with Crippen molar-refractivity contribution in [2.75, 3.05) is 37.7 Å². The molecule has 3 rings (SSSR count). The summed E-state index contributed by atoms with van der Waals surface area (Å²) in [6.07, 6.45) is 5.10. The van der Waals surface area contributed by atoms with Crippen LogP contribution in [0.1, 0.15) is 42.8 Å². The van der Waals surface area contributed by atoms with E-state index in [9.17, 15) is 4.79 Å². The first-order valence-electron chi connectivity index (χ1n) is 9.79. The third-order valence-electron chi connectivity index (χ3n) is 5.22. The molecule has 2 fully saturated rings. The molecule has 1 amide bonds. The summed E-state index contributed by atoms with van der Waals surface area (Å²) >= 11 is 3.99. The Morgan fingerprint density at radius 2 is 2.00 bits per heavy atom. The monoisotopic (exact) mass is 395 g/mol. The normalized spacial score (nSPS) is 23.7. The molecule has 2 aliphatic heterocycles. The zero-order valence-electron chi connectivity index (χ0n) is 15.7. The number of thioether (sulfide) groups is 2. The molecule has 0 aromatic heterocycles. The van der Waals surface area contributed by atoms with Gasteiger partial charge in [0.1, 0.15) is 5.75 Å². The van der Waals surface area contributed by atoms with Gasteiger partial charge in [0.15, 0.2) is 6.61 Å². The molecule has 1 unspecified atom stereocenters. The van der Waals surface area contributed by atoms with Gasteiger partial charge >= 0.3 is 0 Å². The predicted octanol–water partition coefficient (Wildman–Crippen LogP) is 2.51. The van der Waals surface area contributed by atoms with Crippen LogP contribution in [0.15, 0.2) is 24.3 Å². The Hall–Kier alpha value is -0.850. The van der Waals surface area contributed by atoms with Crippen LogP contribution in [0.2, 0.25) is 0 Å². The summed E-state index contributed by atoms with van der Waals surface area (Å²) in [6, 6.07) is 8.95. The van der Waals surface area contributed by atoms with Crippen LogP contribution in [-0.4, -0.2) is 49.7 Å². The lowest BCUT2D eigenvalue weighted by Crippen LogP contribution is -3.16. The summed E-state index contributed by atoms with van der Waals surface area (Å²) in [7, 11) is 0. The molecule has 1 aromatic carbocycles. The topological polar surface area (TPSA) is 42.8 Å². The van der Waals surface area contributed by atoms with Gasteiger partial charge in [0.2, 0.25) is 0 Å². The van der Waals surface area contributed by atoms with Crippen LogP contribution in [0.4, 0.5) is 0 Å². The smallest absolute Gasteiger partial charge is 0.257 e. The fourth-order valence-corrected chi connectivity index (χ4v) is 6.50. The molecule has 2 saturated heterocycles. The van der Waals surface area contributed by atoms with Crippen molar-refractivity contribution in [1.82, 2.24) is 5.32 Å². The molecule has 0 bridgehead atoms. The third kappa shape index (κ3) is 6.10. The molecule has 4 nitrogen and oxygen atoms in total. The van der Waals surface area contributed by atoms with Crippen LogP contribution in [0.25, 0.3) is 0 Å². The van der Waals surface area contributed by atoms with Crippen LogP contribution in [0.3, 0.4) is 0 Å².